The van der Waals surface area contributed by atoms with Crippen LogP contribution in [0.15, 0.2) is 18.2 Å². The standard InChI is InChI=1S/C20H28N2O4/c1-20(2)12-15-6-5-7-16(18(15)26-20)25-13-17(23)22-10-8-14(9-11-22)19(24)21(3)4/h5-7,14H,8-13H2,1-4H3. The number of carbonyl (C=O) groups excluding carboxylic acids is 2. The van der Waals surface area contributed by atoms with Crippen molar-refractivity contribution in [1.82, 2.24) is 9.80 Å². The van der Waals surface area contributed by atoms with Gasteiger partial charge < -0.3 is 19.3 Å². The van der Waals surface area contributed by atoms with Gasteiger partial charge in [-0.15, -0.1) is 0 Å². The molecule has 0 saturated carbocycles. The van der Waals surface area contributed by atoms with E-state index < -0.39 is 0 Å². The quantitative estimate of drug-likeness (QED) is 0.825. The molecule has 1 aromatic rings. The predicted octanol–water partition coefficient (Wildman–Crippen LogP) is 2.11. The lowest BCUT2D eigenvalue weighted by Gasteiger charge is -2.32. The molecule has 142 valence electrons. The van der Waals surface area contributed by atoms with Crippen molar-refractivity contribution in [3.8, 4) is 11.5 Å². The highest BCUT2D eigenvalue weighted by molar-refractivity contribution is 5.80. The van der Waals surface area contributed by atoms with Gasteiger partial charge in [0.25, 0.3) is 5.91 Å². The Morgan fingerprint density at radius 1 is 1.27 bits per heavy atom. The van der Waals surface area contributed by atoms with Crippen LogP contribution in [0, 0.1) is 5.92 Å². The molecule has 6 heteroatoms. The minimum atomic E-state index is -0.243. The van der Waals surface area contributed by atoms with E-state index >= 15 is 0 Å². The normalized spacial score (nSPS) is 18.8. The first kappa shape index (κ1) is 18.5. The van der Waals surface area contributed by atoms with Crippen LogP contribution >= 0.6 is 0 Å². The number of ether oxygens (including phenoxy) is 2. The fourth-order valence-corrected chi connectivity index (χ4v) is 3.67. The Bertz CT molecular complexity index is 691. The van der Waals surface area contributed by atoms with Crippen LogP contribution in [0.3, 0.4) is 0 Å². The summed E-state index contributed by atoms with van der Waals surface area (Å²) in [6.07, 6.45) is 2.25. The van der Waals surface area contributed by atoms with Gasteiger partial charge in [0.05, 0.1) is 0 Å². The molecule has 2 aliphatic rings. The highest BCUT2D eigenvalue weighted by Crippen LogP contribution is 2.41. The van der Waals surface area contributed by atoms with E-state index in [9.17, 15) is 9.59 Å². The Kier molecular flexibility index (Phi) is 5.12. The van der Waals surface area contributed by atoms with Crippen molar-refractivity contribution in [2.24, 2.45) is 5.92 Å². The average Bonchev–Trinajstić information content (AvgIpc) is 2.93. The van der Waals surface area contributed by atoms with Crippen LogP contribution in [0.2, 0.25) is 0 Å². The summed E-state index contributed by atoms with van der Waals surface area (Å²) in [4.78, 5) is 27.9. The molecule has 0 aromatic heterocycles. The number of fused-ring (bicyclic) bond motifs is 1. The zero-order chi connectivity index (χ0) is 18.9. The Morgan fingerprint density at radius 2 is 1.96 bits per heavy atom. The van der Waals surface area contributed by atoms with Crippen LogP contribution in [0.25, 0.3) is 0 Å². The highest BCUT2D eigenvalue weighted by atomic mass is 16.5. The van der Waals surface area contributed by atoms with Crippen LogP contribution in [0.5, 0.6) is 11.5 Å². The van der Waals surface area contributed by atoms with E-state index in [1.807, 2.05) is 32.0 Å². The molecule has 0 N–H and O–H groups in total. The van der Waals surface area contributed by atoms with E-state index in [1.54, 1.807) is 23.9 Å². The summed E-state index contributed by atoms with van der Waals surface area (Å²) in [5.41, 5.74) is 0.870. The zero-order valence-electron chi connectivity index (χ0n) is 16.1. The van der Waals surface area contributed by atoms with E-state index in [1.165, 1.54) is 0 Å². The SMILES string of the molecule is CN(C)C(=O)C1CCN(C(=O)COc2cccc3c2OC(C)(C)C3)CC1. The van der Waals surface area contributed by atoms with Gasteiger partial charge in [0.15, 0.2) is 18.1 Å². The molecule has 0 bridgehead atoms. The average molecular weight is 360 g/mol. The summed E-state index contributed by atoms with van der Waals surface area (Å²) < 4.78 is 11.8. The molecule has 2 heterocycles. The molecule has 0 aliphatic carbocycles. The van der Waals surface area contributed by atoms with Crippen LogP contribution < -0.4 is 9.47 Å². The second-order valence-electron chi connectivity index (χ2n) is 7.96. The molecule has 6 nitrogen and oxygen atoms in total. The molecule has 0 spiro atoms. The minimum absolute atomic E-state index is 0.00741. The molecule has 1 aromatic carbocycles. The van der Waals surface area contributed by atoms with E-state index in [0.29, 0.717) is 31.7 Å². The summed E-state index contributed by atoms with van der Waals surface area (Å²) in [6.45, 7) is 5.28. The summed E-state index contributed by atoms with van der Waals surface area (Å²) in [7, 11) is 3.55. The van der Waals surface area contributed by atoms with Gasteiger partial charge in [0.2, 0.25) is 5.91 Å². The van der Waals surface area contributed by atoms with Gasteiger partial charge in [0, 0.05) is 45.1 Å². The Balaban J connectivity index is 1.54. The van der Waals surface area contributed by atoms with Gasteiger partial charge in [-0.2, -0.15) is 0 Å². The third-order valence-electron chi connectivity index (χ3n) is 5.04. The number of nitrogens with zero attached hydrogens (tertiary/aromatic N) is 2. The molecule has 3 rings (SSSR count). The molecular formula is C20H28N2O4. The van der Waals surface area contributed by atoms with Crippen molar-refractivity contribution in [3.05, 3.63) is 23.8 Å². The maximum atomic E-state index is 12.5. The van der Waals surface area contributed by atoms with Crippen molar-refractivity contribution in [2.75, 3.05) is 33.8 Å². The van der Waals surface area contributed by atoms with Gasteiger partial charge in [-0.05, 0) is 32.8 Å². The lowest BCUT2D eigenvalue weighted by molar-refractivity contribution is -0.140. The number of rotatable bonds is 4. The number of para-hydroxylation sites is 1. The second kappa shape index (κ2) is 7.17. The van der Waals surface area contributed by atoms with E-state index in [4.69, 9.17) is 9.47 Å². The van der Waals surface area contributed by atoms with Crippen LogP contribution in [0.4, 0.5) is 0 Å². The third kappa shape index (κ3) is 3.94. The largest absolute Gasteiger partial charge is 0.483 e. The molecule has 2 aliphatic heterocycles. The fourth-order valence-electron chi connectivity index (χ4n) is 3.67. The monoisotopic (exact) mass is 360 g/mol. The molecule has 1 fully saturated rings. The second-order valence-corrected chi connectivity index (χ2v) is 7.96. The van der Waals surface area contributed by atoms with Crippen LogP contribution in [-0.2, 0) is 16.0 Å². The number of hydrogen-bond acceptors (Lipinski definition) is 4. The Labute approximate surface area is 155 Å². The van der Waals surface area contributed by atoms with Crippen molar-refractivity contribution in [3.63, 3.8) is 0 Å². The molecule has 0 radical (unpaired) electrons. The first-order chi connectivity index (χ1) is 12.3. The molecule has 0 atom stereocenters. The van der Waals surface area contributed by atoms with Gasteiger partial charge in [-0.25, -0.2) is 0 Å². The minimum Gasteiger partial charge on any atom is -0.483 e. The first-order valence-electron chi connectivity index (χ1n) is 9.19. The molecule has 0 unspecified atom stereocenters. The molecular weight excluding hydrogens is 332 g/mol. The van der Waals surface area contributed by atoms with Crippen LogP contribution in [-0.4, -0.2) is 61.0 Å². The van der Waals surface area contributed by atoms with Crippen LogP contribution in [0.1, 0.15) is 32.3 Å². The summed E-state index contributed by atoms with van der Waals surface area (Å²) in [5, 5.41) is 0. The molecule has 1 saturated heterocycles. The lowest BCUT2D eigenvalue weighted by atomic mass is 9.95. The number of piperidine rings is 1. The van der Waals surface area contributed by atoms with Crippen molar-refractivity contribution >= 4 is 11.8 Å². The van der Waals surface area contributed by atoms with Crippen molar-refractivity contribution in [1.29, 1.82) is 0 Å². The van der Waals surface area contributed by atoms with Crippen molar-refractivity contribution in [2.45, 2.75) is 38.7 Å². The molecule has 26 heavy (non-hydrogen) atoms. The highest BCUT2D eigenvalue weighted by Gasteiger charge is 2.33. The number of carbonyl (C=O) groups is 2. The van der Waals surface area contributed by atoms with Gasteiger partial charge in [-0.3, -0.25) is 9.59 Å². The Hall–Kier alpha value is -2.24. The smallest absolute Gasteiger partial charge is 0.260 e. The Morgan fingerprint density at radius 3 is 2.62 bits per heavy atom. The van der Waals surface area contributed by atoms with E-state index in [-0.39, 0.29) is 29.9 Å². The number of likely N-dealkylation sites (tertiary alicyclic amines) is 1. The zero-order valence-corrected chi connectivity index (χ0v) is 16.1. The summed E-state index contributed by atoms with van der Waals surface area (Å²) in [6, 6.07) is 5.81. The third-order valence-corrected chi connectivity index (χ3v) is 5.04. The number of benzene rings is 1. The summed E-state index contributed by atoms with van der Waals surface area (Å²) >= 11 is 0. The lowest BCUT2D eigenvalue weighted by Crippen LogP contribution is -2.44. The first-order valence-corrected chi connectivity index (χ1v) is 9.19. The van der Waals surface area contributed by atoms with E-state index in [0.717, 1.165) is 17.7 Å². The van der Waals surface area contributed by atoms with Gasteiger partial charge in [-0.1, -0.05) is 12.1 Å². The summed E-state index contributed by atoms with van der Waals surface area (Å²) in [5.74, 6) is 1.49. The topological polar surface area (TPSA) is 59.1 Å². The number of amides is 2. The predicted molar refractivity (Wildman–Crippen MR) is 98.3 cm³/mol. The van der Waals surface area contributed by atoms with Gasteiger partial charge >= 0.3 is 0 Å². The van der Waals surface area contributed by atoms with E-state index in [2.05, 4.69) is 0 Å². The maximum absolute atomic E-state index is 12.5. The van der Waals surface area contributed by atoms with Gasteiger partial charge in [0.1, 0.15) is 5.60 Å². The number of hydrogen-bond donors (Lipinski definition) is 0. The molecule has 2 amide bonds. The maximum Gasteiger partial charge on any atom is 0.260 e. The fraction of sp³-hybridized carbons (Fsp3) is 0.600. The van der Waals surface area contributed by atoms with Crippen molar-refractivity contribution < 1.29 is 19.1 Å².